The molecule has 0 amide bonds. The first kappa shape index (κ1) is 10.4. The Balaban J connectivity index is 2.42. The quantitative estimate of drug-likeness (QED) is 0.637. The number of hydrogen-bond acceptors (Lipinski definition) is 6. The fourth-order valence-corrected chi connectivity index (χ4v) is 2.72. The Kier molecular flexibility index (Phi) is 3.20. The average Bonchev–Trinajstić information content (AvgIpc) is 2.73. The van der Waals surface area contributed by atoms with Crippen LogP contribution in [0.25, 0.3) is 10.6 Å². The number of thiazole rings is 1. The lowest BCUT2D eigenvalue weighted by atomic mass is 10.3. The molecule has 2 N–H and O–H groups in total. The van der Waals surface area contributed by atoms with E-state index in [1.165, 1.54) is 23.1 Å². The molecule has 15 heavy (non-hydrogen) atoms. The van der Waals surface area contributed by atoms with Crippen LogP contribution in [-0.4, -0.2) is 21.4 Å². The molecule has 0 fully saturated rings. The summed E-state index contributed by atoms with van der Waals surface area (Å²) in [6.07, 6.45) is 5.39. The van der Waals surface area contributed by atoms with Gasteiger partial charge in [-0.05, 0) is 18.4 Å². The third-order valence-corrected chi connectivity index (χ3v) is 3.62. The summed E-state index contributed by atoms with van der Waals surface area (Å²) in [6, 6.07) is 3.80. The van der Waals surface area contributed by atoms with Crippen LogP contribution < -0.4 is 5.48 Å². The Morgan fingerprint density at radius 2 is 2.40 bits per heavy atom. The Bertz CT molecular complexity index is 422. The number of aromatic nitrogens is 2. The summed E-state index contributed by atoms with van der Waals surface area (Å²) in [4.78, 5) is 8.42. The van der Waals surface area contributed by atoms with E-state index >= 15 is 0 Å². The second-order valence-corrected chi connectivity index (χ2v) is 4.50. The second-order valence-electron chi connectivity index (χ2n) is 2.71. The molecule has 0 radical (unpaired) electrons. The zero-order valence-electron chi connectivity index (χ0n) is 7.97. The molecule has 2 rings (SSSR count). The minimum atomic E-state index is 0.668. The Morgan fingerprint density at radius 1 is 1.53 bits per heavy atom. The number of anilines is 1. The molecular weight excluding hydrogens is 230 g/mol. The maximum Gasteiger partial charge on any atom is 0.147 e. The predicted octanol–water partition coefficient (Wildman–Crippen LogP) is 2.73. The van der Waals surface area contributed by atoms with E-state index in [2.05, 4.69) is 15.4 Å². The first-order valence-electron chi connectivity index (χ1n) is 4.20. The molecule has 6 heteroatoms. The number of thioether (sulfide) groups is 1. The van der Waals surface area contributed by atoms with Crippen molar-refractivity contribution in [3.05, 3.63) is 24.5 Å². The molecule has 0 saturated carbocycles. The second kappa shape index (κ2) is 4.61. The maximum absolute atomic E-state index is 8.90. The van der Waals surface area contributed by atoms with E-state index in [1.54, 1.807) is 12.4 Å². The molecular formula is C9H9N3OS2. The first-order chi connectivity index (χ1) is 7.35. The van der Waals surface area contributed by atoms with Crippen molar-refractivity contribution in [2.45, 2.75) is 5.03 Å². The number of nitrogens with one attached hydrogen (secondary N) is 1. The smallest absolute Gasteiger partial charge is 0.147 e. The van der Waals surface area contributed by atoms with Crippen LogP contribution in [0.4, 0.5) is 5.00 Å². The lowest BCUT2D eigenvalue weighted by Gasteiger charge is -1.92. The highest BCUT2D eigenvalue weighted by Crippen LogP contribution is 2.35. The van der Waals surface area contributed by atoms with E-state index in [4.69, 9.17) is 5.21 Å². The highest BCUT2D eigenvalue weighted by Gasteiger charge is 2.10. The SMILES string of the molecule is CSc1nc(-c2cccnc2)sc1NO. The molecule has 4 nitrogen and oxygen atoms in total. The number of nitrogens with zero attached hydrogens (tertiary/aromatic N) is 2. The normalized spacial score (nSPS) is 10.3. The largest absolute Gasteiger partial charge is 0.290 e. The molecule has 0 aliphatic heterocycles. The van der Waals surface area contributed by atoms with Gasteiger partial charge in [0.15, 0.2) is 0 Å². The van der Waals surface area contributed by atoms with Crippen LogP contribution in [0.1, 0.15) is 0 Å². The summed E-state index contributed by atoms with van der Waals surface area (Å²) in [5, 5.41) is 11.2. The Morgan fingerprint density at radius 3 is 2.93 bits per heavy atom. The fraction of sp³-hybridized carbons (Fsp3) is 0.111. The summed E-state index contributed by atoms with van der Waals surface area (Å²) >= 11 is 2.90. The summed E-state index contributed by atoms with van der Waals surface area (Å²) in [7, 11) is 0. The van der Waals surface area contributed by atoms with E-state index in [1.807, 2.05) is 18.4 Å². The molecule has 0 aliphatic carbocycles. The van der Waals surface area contributed by atoms with Crippen LogP contribution >= 0.6 is 23.1 Å². The molecule has 0 aliphatic rings. The molecule has 0 bridgehead atoms. The van der Waals surface area contributed by atoms with Gasteiger partial charge in [0.2, 0.25) is 0 Å². The van der Waals surface area contributed by atoms with Crippen LogP contribution in [0.5, 0.6) is 0 Å². The predicted molar refractivity (Wildman–Crippen MR) is 62.5 cm³/mol. The van der Waals surface area contributed by atoms with Crippen LogP contribution in [0.15, 0.2) is 29.6 Å². The summed E-state index contributed by atoms with van der Waals surface area (Å²) in [5.74, 6) is 0. The van der Waals surface area contributed by atoms with Gasteiger partial charge in [0, 0.05) is 18.0 Å². The lowest BCUT2D eigenvalue weighted by Crippen LogP contribution is -1.86. The lowest BCUT2D eigenvalue weighted by molar-refractivity contribution is 0.389. The van der Waals surface area contributed by atoms with Gasteiger partial charge in [-0.3, -0.25) is 15.7 Å². The van der Waals surface area contributed by atoms with E-state index in [-0.39, 0.29) is 0 Å². The highest BCUT2D eigenvalue weighted by molar-refractivity contribution is 7.98. The van der Waals surface area contributed by atoms with E-state index in [0.29, 0.717) is 5.00 Å². The molecule has 2 aromatic heterocycles. The molecule has 0 unspecified atom stereocenters. The summed E-state index contributed by atoms with van der Waals surface area (Å²) in [6.45, 7) is 0. The van der Waals surface area contributed by atoms with Crippen molar-refractivity contribution in [1.29, 1.82) is 0 Å². The van der Waals surface area contributed by atoms with E-state index < -0.39 is 0 Å². The van der Waals surface area contributed by atoms with Gasteiger partial charge in [0.05, 0.1) is 0 Å². The number of hydrogen-bond donors (Lipinski definition) is 2. The van der Waals surface area contributed by atoms with Gasteiger partial charge < -0.3 is 0 Å². The van der Waals surface area contributed by atoms with Gasteiger partial charge in [-0.1, -0.05) is 11.3 Å². The molecule has 0 spiro atoms. The topological polar surface area (TPSA) is 58.0 Å². The van der Waals surface area contributed by atoms with Crippen molar-refractivity contribution < 1.29 is 5.21 Å². The minimum Gasteiger partial charge on any atom is -0.290 e. The average molecular weight is 239 g/mol. The van der Waals surface area contributed by atoms with E-state index in [0.717, 1.165) is 15.6 Å². The van der Waals surface area contributed by atoms with Gasteiger partial charge in [0.25, 0.3) is 0 Å². The van der Waals surface area contributed by atoms with Gasteiger partial charge in [-0.2, -0.15) is 0 Å². The van der Waals surface area contributed by atoms with Gasteiger partial charge in [-0.25, -0.2) is 4.98 Å². The van der Waals surface area contributed by atoms with E-state index in [9.17, 15) is 0 Å². The maximum atomic E-state index is 8.90. The van der Waals surface area contributed by atoms with Crippen molar-refractivity contribution in [2.24, 2.45) is 0 Å². The molecule has 0 atom stereocenters. The van der Waals surface area contributed by atoms with Gasteiger partial charge in [-0.15, -0.1) is 11.8 Å². The van der Waals surface area contributed by atoms with Crippen molar-refractivity contribution >= 4 is 28.1 Å². The Labute approximate surface area is 95.4 Å². The first-order valence-corrected chi connectivity index (χ1v) is 6.24. The zero-order chi connectivity index (χ0) is 10.7. The van der Waals surface area contributed by atoms with Crippen LogP contribution in [-0.2, 0) is 0 Å². The highest BCUT2D eigenvalue weighted by atomic mass is 32.2. The molecule has 78 valence electrons. The third kappa shape index (κ3) is 2.11. The van der Waals surface area contributed by atoms with Crippen molar-refractivity contribution in [1.82, 2.24) is 9.97 Å². The number of rotatable bonds is 3. The van der Waals surface area contributed by atoms with Crippen LogP contribution in [0.3, 0.4) is 0 Å². The molecule has 0 saturated heterocycles. The Hall–Kier alpha value is -1.11. The molecule has 2 heterocycles. The number of pyridine rings is 1. The van der Waals surface area contributed by atoms with Crippen molar-refractivity contribution in [3.63, 3.8) is 0 Å². The van der Waals surface area contributed by atoms with Crippen LogP contribution in [0.2, 0.25) is 0 Å². The van der Waals surface area contributed by atoms with Gasteiger partial charge in [0.1, 0.15) is 15.0 Å². The summed E-state index contributed by atoms with van der Waals surface area (Å²) < 4.78 is 0. The standard InChI is InChI=1S/C9H9N3OS2/c1-14-8-9(12-13)15-7(11-8)6-3-2-4-10-5-6/h2-5,12-13H,1H3. The van der Waals surface area contributed by atoms with Crippen molar-refractivity contribution in [3.8, 4) is 10.6 Å². The summed E-state index contributed by atoms with van der Waals surface area (Å²) in [5.41, 5.74) is 3.11. The molecule has 0 aromatic carbocycles. The minimum absolute atomic E-state index is 0.668. The zero-order valence-corrected chi connectivity index (χ0v) is 9.60. The monoisotopic (exact) mass is 239 g/mol. The van der Waals surface area contributed by atoms with Crippen LogP contribution in [0, 0.1) is 0 Å². The third-order valence-electron chi connectivity index (χ3n) is 1.80. The molecule has 2 aromatic rings. The van der Waals surface area contributed by atoms with Crippen molar-refractivity contribution in [2.75, 3.05) is 11.7 Å². The van der Waals surface area contributed by atoms with Gasteiger partial charge >= 0.3 is 0 Å². The fourth-order valence-electron chi connectivity index (χ4n) is 1.13.